The summed E-state index contributed by atoms with van der Waals surface area (Å²) in [7, 11) is 0. The van der Waals surface area contributed by atoms with Crippen LogP contribution < -0.4 is 0 Å². The van der Waals surface area contributed by atoms with Crippen LogP contribution in [0.5, 0.6) is 0 Å². The Bertz CT molecular complexity index is 307. The van der Waals surface area contributed by atoms with Crippen LogP contribution in [-0.4, -0.2) is 4.98 Å². The Hall–Kier alpha value is -0.526. The van der Waals surface area contributed by atoms with Crippen LogP contribution in [-0.2, 0) is 32.7 Å². The van der Waals surface area contributed by atoms with Crippen LogP contribution in [0.3, 0.4) is 0 Å². The van der Waals surface area contributed by atoms with Gasteiger partial charge in [-0.25, -0.2) is 11.1 Å². The number of aromatic nitrogens is 1. The molecule has 1 nitrogen and oxygen atoms in total. The van der Waals surface area contributed by atoms with E-state index in [0.29, 0.717) is 0 Å². The molecular formula is C11H7NY-2. The molecule has 0 spiro atoms. The van der Waals surface area contributed by atoms with Gasteiger partial charge < -0.3 is 4.98 Å². The second kappa shape index (κ2) is 5.26. The van der Waals surface area contributed by atoms with E-state index in [0.717, 1.165) is 11.1 Å². The van der Waals surface area contributed by atoms with Crippen molar-refractivity contribution in [1.82, 2.24) is 4.98 Å². The zero-order chi connectivity index (χ0) is 8.23. The fourth-order valence-corrected chi connectivity index (χ4v) is 1.04. The second-order valence-corrected chi connectivity index (χ2v) is 2.44. The minimum Gasteiger partial charge on any atom is -0.371 e. The minimum atomic E-state index is 0. The van der Waals surface area contributed by atoms with E-state index >= 15 is 0 Å². The Morgan fingerprint density at radius 3 is 2.46 bits per heavy atom. The van der Waals surface area contributed by atoms with Crippen molar-refractivity contribution in [2.24, 2.45) is 0 Å². The molecule has 0 N–H and O–H groups in total. The van der Waals surface area contributed by atoms with Gasteiger partial charge in [0.2, 0.25) is 0 Å². The normalized spacial score (nSPS) is 8.92. The molecule has 1 aromatic heterocycles. The van der Waals surface area contributed by atoms with E-state index in [1.807, 2.05) is 36.4 Å². The smallest absolute Gasteiger partial charge is 0 e. The quantitative estimate of drug-likeness (QED) is 0.699. The van der Waals surface area contributed by atoms with Crippen LogP contribution in [0, 0.1) is 12.3 Å². The van der Waals surface area contributed by atoms with Crippen molar-refractivity contribution >= 4 is 0 Å². The molecule has 1 radical (unpaired) electrons. The van der Waals surface area contributed by atoms with Gasteiger partial charge in [-0.3, -0.25) is 0 Å². The molecule has 0 fully saturated rings. The zero-order valence-corrected chi connectivity index (χ0v) is 9.90. The average Bonchev–Trinajstić information content (AvgIpc) is 2.21. The number of rotatable bonds is 1. The first-order valence-corrected chi connectivity index (χ1v) is 3.76. The van der Waals surface area contributed by atoms with Gasteiger partial charge in [-0.1, -0.05) is 12.4 Å². The Balaban J connectivity index is 0.000000845. The molecule has 2 aromatic rings. The summed E-state index contributed by atoms with van der Waals surface area (Å²) in [5, 5.41) is 0. The number of benzene rings is 1. The number of hydrogen-bond acceptors (Lipinski definition) is 1. The van der Waals surface area contributed by atoms with Crippen LogP contribution in [0.25, 0.3) is 11.1 Å². The SMILES string of the molecule is [Y].[c-]1ccccc1-c1[c-]nccc1. The molecule has 0 aliphatic heterocycles. The Labute approximate surface area is 103 Å². The number of pyridine rings is 1. The third kappa shape index (κ3) is 2.72. The monoisotopic (exact) mass is 242 g/mol. The summed E-state index contributed by atoms with van der Waals surface area (Å²) in [5.74, 6) is 0. The van der Waals surface area contributed by atoms with E-state index in [9.17, 15) is 0 Å². The fourth-order valence-electron chi connectivity index (χ4n) is 1.04. The van der Waals surface area contributed by atoms with Crippen LogP contribution >= 0.6 is 0 Å². The second-order valence-electron chi connectivity index (χ2n) is 2.44. The Kier molecular flexibility index (Phi) is 4.27. The summed E-state index contributed by atoms with van der Waals surface area (Å²) in [6.07, 6.45) is 4.62. The van der Waals surface area contributed by atoms with Crippen molar-refractivity contribution in [2.45, 2.75) is 0 Å². The summed E-state index contributed by atoms with van der Waals surface area (Å²) in [6, 6.07) is 14.8. The van der Waals surface area contributed by atoms with Crippen molar-refractivity contribution in [3.05, 3.63) is 54.9 Å². The molecule has 0 unspecified atom stereocenters. The largest absolute Gasteiger partial charge is 0.371 e. The van der Waals surface area contributed by atoms with Crippen molar-refractivity contribution < 1.29 is 32.7 Å². The predicted molar refractivity (Wildman–Crippen MR) is 47.3 cm³/mol. The Morgan fingerprint density at radius 2 is 1.85 bits per heavy atom. The van der Waals surface area contributed by atoms with Gasteiger partial charge in [0.25, 0.3) is 0 Å². The van der Waals surface area contributed by atoms with Crippen LogP contribution in [0.1, 0.15) is 0 Å². The third-order valence-electron chi connectivity index (χ3n) is 1.61. The van der Waals surface area contributed by atoms with E-state index < -0.39 is 0 Å². The third-order valence-corrected chi connectivity index (χ3v) is 1.61. The maximum Gasteiger partial charge on any atom is 0 e. The van der Waals surface area contributed by atoms with Gasteiger partial charge >= 0.3 is 0 Å². The maximum absolute atomic E-state index is 3.92. The van der Waals surface area contributed by atoms with Gasteiger partial charge in [-0.05, 0) is 0 Å². The van der Waals surface area contributed by atoms with E-state index in [-0.39, 0.29) is 32.7 Å². The van der Waals surface area contributed by atoms with Crippen molar-refractivity contribution in [3.63, 3.8) is 0 Å². The van der Waals surface area contributed by atoms with Gasteiger partial charge in [0.1, 0.15) is 0 Å². The summed E-state index contributed by atoms with van der Waals surface area (Å²) in [6.45, 7) is 0. The van der Waals surface area contributed by atoms with Gasteiger partial charge in [0.05, 0.1) is 0 Å². The molecule has 1 heterocycles. The number of nitrogens with zero attached hydrogens (tertiary/aromatic N) is 1. The molecule has 1 aromatic carbocycles. The summed E-state index contributed by atoms with van der Waals surface area (Å²) in [4.78, 5) is 3.92. The zero-order valence-electron chi connectivity index (χ0n) is 7.07. The van der Waals surface area contributed by atoms with E-state index in [2.05, 4.69) is 17.2 Å². The van der Waals surface area contributed by atoms with Crippen LogP contribution in [0.2, 0.25) is 0 Å². The molecule has 0 saturated carbocycles. The average molecular weight is 242 g/mol. The molecular weight excluding hydrogens is 235 g/mol. The van der Waals surface area contributed by atoms with Gasteiger partial charge in [-0.2, -0.15) is 30.3 Å². The van der Waals surface area contributed by atoms with E-state index in [1.165, 1.54) is 0 Å². The van der Waals surface area contributed by atoms with E-state index in [1.54, 1.807) is 6.20 Å². The fraction of sp³-hybridized carbons (Fsp3) is 0. The van der Waals surface area contributed by atoms with Crippen molar-refractivity contribution in [3.8, 4) is 11.1 Å². The minimum absolute atomic E-state index is 0. The van der Waals surface area contributed by atoms with Crippen molar-refractivity contribution in [1.29, 1.82) is 0 Å². The molecule has 2 rings (SSSR count). The molecule has 2 heteroatoms. The standard InChI is InChI=1S/C11H7N.Y/c1-2-5-10(6-3-1)11-7-4-8-12-9-11;/h1-5,7-8H;/q-2;. The Morgan fingerprint density at radius 1 is 1.00 bits per heavy atom. The van der Waals surface area contributed by atoms with E-state index in [4.69, 9.17) is 0 Å². The molecule has 0 amide bonds. The van der Waals surface area contributed by atoms with Gasteiger partial charge in [0.15, 0.2) is 0 Å². The van der Waals surface area contributed by atoms with Crippen LogP contribution in [0.4, 0.5) is 0 Å². The predicted octanol–water partition coefficient (Wildman–Crippen LogP) is 2.35. The topological polar surface area (TPSA) is 12.9 Å². The first-order chi connectivity index (χ1) is 5.97. The molecule has 0 saturated heterocycles. The molecule has 0 atom stereocenters. The molecule has 0 bridgehead atoms. The summed E-state index contributed by atoms with van der Waals surface area (Å²) in [5.41, 5.74) is 2.02. The van der Waals surface area contributed by atoms with Gasteiger partial charge in [-0.15, -0.1) is 12.1 Å². The number of hydrogen-bond donors (Lipinski definition) is 0. The van der Waals surface area contributed by atoms with Gasteiger partial charge in [0, 0.05) is 32.7 Å². The molecule has 13 heavy (non-hydrogen) atoms. The molecule has 0 aliphatic rings. The maximum atomic E-state index is 3.92. The first kappa shape index (κ1) is 10.6. The first-order valence-electron chi connectivity index (χ1n) is 3.76. The van der Waals surface area contributed by atoms with Crippen LogP contribution in [0.15, 0.2) is 42.6 Å². The summed E-state index contributed by atoms with van der Waals surface area (Å²) < 4.78 is 0. The molecule has 61 valence electrons. The summed E-state index contributed by atoms with van der Waals surface area (Å²) >= 11 is 0. The van der Waals surface area contributed by atoms with Crippen molar-refractivity contribution in [2.75, 3.05) is 0 Å². The molecule has 0 aliphatic carbocycles.